The van der Waals surface area contributed by atoms with Gasteiger partial charge in [-0.25, -0.2) is 0 Å². The topological polar surface area (TPSA) is 12.0 Å². The Morgan fingerprint density at radius 2 is 1.75 bits per heavy atom. The molecule has 1 nitrogen and oxygen atoms in total. The molecule has 0 amide bonds. The number of aryl methyl sites for hydroxylation is 2. The van der Waals surface area contributed by atoms with Crippen LogP contribution in [0.5, 0.6) is 0 Å². The molecule has 0 bridgehead atoms. The zero-order valence-electron chi connectivity index (χ0n) is 12.0. The van der Waals surface area contributed by atoms with E-state index < -0.39 is 0 Å². The van der Waals surface area contributed by atoms with E-state index in [4.69, 9.17) is 0 Å². The molecule has 1 aliphatic carbocycles. The normalized spacial score (nSPS) is 15.9. The Kier molecular flexibility index (Phi) is 4.01. The molecule has 1 aliphatic rings. The summed E-state index contributed by atoms with van der Waals surface area (Å²) in [5.41, 5.74) is 5.34. The van der Waals surface area contributed by atoms with Crippen molar-refractivity contribution < 1.29 is 0 Å². The highest BCUT2D eigenvalue weighted by Gasteiger charge is 2.32. The first-order valence-electron chi connectivity index (χ1n) is 7.23. The van der Waals surface area contributed by atoms with E-state index in [2.05, 4.69) is 84.2 Å². The Morgan fingerprint density at radius 3 is 2.35 bits per heavy atom. The summed E-state index contributed by atoms with van der Waals surface area (Å²) in [4.78, 5) is 0. The molecule has 1 fully saturated rings. The Morgan fingerprint density at radius 1 is 1.05 bits per heavy atom. The van der Waals surface area contributed by atoms with Gasteiger partial charge in [-0.1, -0.05) is 29.8 Å². The standard InChI is InChI=1S/C18H20IN/c1-12-3-5-14(6-4-12)18(15-7-8-15)20-17-10-9-16(19)11-13(17)2/h3-6,9-11,15,18,20H,7-8H2,1-2H3. The highest BCUT2D eigenvalue weighted by molar-refractivity contribution is 14.1. The predicted octanol–water partition coefficient (Wildman–Crippen LogP) is 5.47. The van der Waals surface area contributed by atoms with Crippen LogP contribution in [-0.4, -0.2) is 0 Å². The van der Waals surface area contributed by atoms with Gasteiger partial charge in [-0.2, -0.15) is 0 Å². The highest BCUT2D eigenvalue weighted by Crippen LogP contribution is 2.43. The number of nitrogens with one attached hydrogen (secondary N) is 1. The molecule has 2 aromatic carbocycles. The van der Waals surface area contributed by atoms with Crippen LogP contribution in [-0.2, 0) is 0 Å². The van der Waals surface area contributed by atoms with Gasteiger partial charge in [0.2, 0.25) is 0 Å². The Bertz CT molecular complexity index is 599. The van der Waals surface area contributed by atoms with Crippen molar-refractivity contribution in [2.45, 2.75) is 32.7 Å². The average Bonchev–Trinajstić information content (AvgIpc) is 3.24. The van der Waals surface area contributed by atoms with Crippen molar-refractivity contribution in [3.63, 3.8) is 0 Å². The number of hydrogen-bond donors (Lipinski definition) is 1. The minimum atomic E-state index is 0.453. The van der Waals surface area contributed by atoms with Gasteiger partial charge in [-0.05, 0) is 84.5 Å². The van der Waals surface area contributed by atoms with Crippen LogP contribution < -0.4 is 5.32 Å². The van der Waals surface area contributed by atoms with Gasteiger partial charge >= 0.3 is 0 Å². The summed E-state index contributed by atoms with van der Waals surface area (Å²) in [5, 5.41) is 3.77. The van der Waals surface area contributed by atoms with Gasteiger partial charge in [0, 0.05) is 9.26 Å². The van der Waals surface area contributed by atoms with E-state index in [0.29, 0.717) is 6.04 Å². The molecule has 1 unspecified atom stereocenters. The van der Waals surface area contributed by atoms with Crippen LogP contribution in [0.3, 0.4) is 0 Å². The fourth-order valence-electron chi connectivity index (χ4n) is 2.63. The average molecular weight is 377 g/mol. The summed E-state index contributed by atoms with van der Waals surface area (Å²) in [7, 11) is 0. The summed E-state index contributed by atoms with van der Waals surface area (Å²) in [6.45, 7) is 4.33. The summed E-state index contributed by atoms with van der Waals surface area (Å²) >= 11 is 2.37. The summed E-state index contributed by atoms with van der Waals surface area (Å²) in [6, 6.07) is 16.0. The van der Waals surface area contributed by atoms with Gasteiger partial charge < -0.3 is 5.32 Å². The smallest absolute Gasteiger partial charge is 0.0542 e. The number of rotatable bonds is 4. The Labute approximate surface area is 134 Å². The molecule has 0 aliphatic heterocycles. The van der Waals surface area contributed by atoms with Gasteiger partial charge in [0.25, 0.3) is 0 Å². The molecule has 0 saturated heterocycles. The van der Waals surface area contributed by atoms with Crippen molar-refractivity contribution >= 4 is 28.3 Å². The summed E-state index contributed by atoms with van der Waals surface area (Å²) < 4.78 is 1.30. The zero-order chi connectivity index (χ0) is 14.1. The largest absolute Gasteiger partial charge is 0.378 e. The van der Waals surface area contributed by atoms with Gasteiger partial charge in [0.05, 0.1) is 6.04 Å². The fourth-order valence-corrected chi connectivity index (χ4v) is 3.28. The van der Waals surface area contributed by atoms with Crippen molar-refractivity contribution in [3.05, 3.63) is 62.7 Å². The quantitative estimate of drug-likeness (QED) is 0.697. The molecule has 2 aromatic rings. The highest BCUT2D eigenvalue weighted by atomic mass is 127. The molecule has 104 valence electrons. The molecule has 1 saturated carbocycles. The van der Waals surface area contributed by atoms with Gasteiger partial charge in [0.1, 0.15) is 0 Å². The van der Waals surface area contributed by atoms with E-state index in [1.807, 2.05) is 0 Å². The zero-order valence-corrected chi connectivity index (χ0v) is 14.1. The number of anilines is 1. The molecular weight excluding hydrogens is 357 g/mol. The molecule has 0 radical (unpaired) electrons. The second-order valence-corrected chi connectivity index (χ2v) is 7.07. The third-order valence-electron chi connectivity index (χ3n) is 4.03. The molecule has 0 spiro atoms. The van der Waals surface area contributed by atoms with Gasteiger partial charge in [-0.15, -0.1) is 0 Å². The van der Waals surface area contributed by atoms with E-state index in [9.17, 15) is 0 Å². The summed E-state index contributed by atoms with van der Waals surface area (Å²) in [6.07, 6.45) is 2.68. The number of halogens is 1. The monoisotopic (exact) mass is 377 g/mol. The fraction of sp³-hybridized carbons (Fsp3) is 0.333. The second kappa shape index (κ2) is 5.76. The molecule has 0 aromatic heterocycles. The minimum Gasteiger partial charge on any atom is -0.378 e. The first-order valence-corrected chi connectivity index (χ1v) is 8.30. The van der Waals surface area contributed by atoms with E-state index >= 15 is 0 Å². The van der Waals surface area contributed by atoms with E-state index in [1.165, 1.54) is 38.8 Å². The lowest BCUT2D eigenvalue weighted by atomic mass is 10.00. The summed E-state index contributed by atoms with van der Waals surface area (Å²) in [5.74, 6) is 0.788. The molecule has 0 heterocycles. The van der Waals surface area contributed by atoms with Crippen LogP contribution >= 0.6 is 22.6 Å². The van der Waals surface area contributed by atoms with Crippen LogP contribution in [0, 0.1) is 23.3 Å². The lowest BCUT2D eigenvalue weighted by Crippen LogP contribution is -2.13. The SMILES string of the molecule is Cc1ccc(C(Nc2ccc(I)cc2C)C2CC2)cc1. The van der Waals surface area contributed by atoms with Crippen molar-refractivity contribution in [1.29, 1.82) is 0 Å². The molecular formula is C18H20IN. The maximum Gasteiger partial charge on any atom is 0.0542 e. The van der Waals surface area contributed by atoms with E-state index in [-0.39, 0.29) is 0 Å². The lowest BCUT2D eigenvalue weighted by molar-refractivity contribution is 0.678. The maximum absolute atomic E-state index is 3.77. The number of hydrogen-bond acceptors (Lipinski definition) is 1. The third-order valence-corrected chi connectivity index (χ3v) is 4.70. The van der Waals surface area contributed by atoms with Crippen LogP contribution in [0.4, 0.5) is 5.69 Å². The van der Waals surface area contributed by atoms with Crippen molar-refractivity contribution in [3.8, 4) is 0 Å². The van der Waals surface area contributed by atoms with Gasteiger partial charge in [-0.3, -0.25) is 0 Å². The second-order valence-electron chi connectivity index (χ2n) is 5.83. The van der Waals surface area contributed by atoms with Crippen molar-refractivity contribution in [1.82, 2.24) is 0 Å². The van der Waals surface area contributed by atoms with Crippen LogP contribution in [0.25, 0.3) is 0 Å². The predicted molar refractivity (Wildman–Crippen MR) is 94.2 cm³/mol. The molecule has 2 heteroatoms. The molecule has 20 heavy (non-hydrogen) atoms. The minimum absolute atomic E-state index is 0.453. The van der Waals surface area contributed by atoms with Crippen molar-refractivity contribution in [2.75, 3.05) is 5.32 Å². The van der Waals surface area contributed by atoms with E-state index in [1.54, 1.807) is 0 Å². The van der Waals surface area contributed by atoms with Crippen LogP contribution in [0.2, 0.25) is 0 Å². The maximum atomic E-state index is 3.77. The molecule has 3 rings (SSSR count). The molecule has 1 N–H and O–H groups in total. The lowest BCUT2D eigenvalue weighted by Gasteiger charge is -2.22. The Hall–Kier alpha value is -1.03. The van der Waals surface area contributed by atoms with Gasteiger partial charge in [0.15, 0.2) is 0 Å². The van der Waals surface area contributed by atoms with Crippen LogP contribution in [0.15, 0.2) is 42.5 Å². The Balaban J connectivity index is 1.86. The van der Waals surface area contributed by atoms with Crippen molar-refractivity contribution in [2.24, 2.45) is 5.92 Å². The van der Waals surface area contributed by atoms with E-state index in [0.717, 1.165) is 5.92 Å². The number of benzene rings is 2. The van der Waals surface area contributed by atoms with Crippen LogP contribution in [0.1, 0.15) is 35.6 Å². The molecule has 1 atom stereocenters. The first kappa shape index (κ1) is 13.9. The first-order chi connectivity index (χ1) is 9.63. The third kappa shape index (κ3) is 3.17.